The number of hydrogen-bond donors (Lipinski definition) is 2. The molecule has 0 aromatic heterocycles. The van der Waals surface area contributed by atoms with E-state index in [2.05, 4.69) is 0 Å². The molecule has 1 aliphatic heterocycles. The second-order valence-electron chi connectivity index (χ2n) is 8.86. The maximum atomic E-state index is 13.3. The highest BCUT2D eigenvalue weighted by Gasteiger charge is 2.44. The molecular formula is C24H28N2O5. The normalized spacial score (nSPS) is 26.9. The standard InChI is InChI=1S/C23H26N2O3.CH2O2/c1-13(22(27)24(2)17-9-15-11-18(26)12-16(15)10-17)25-20-8-4-6-14-5-3-7-19(21(14)20)23(25)28;2-1-3/h3-8,13,15-18,26H,9-12H2,1-2H3;1H,(H,2,3)/t13?,15-,16+,17?,18?;. The van der Waals surface area contributed by atoms with E-state index in [0.29, 0.717) is 17.4 Å². The molecule has 164 valence electrons. The number of carboxylic acid groups (broad SMARTS) is 1. The molecular weight excluding hydrogens is 396 g/mol. The molecule has 2 aliphatic carbocycles. The van der Waals surface area contributed by atoms with Crippen LogP contribution in [-0.2, 0) is 9.59 Å². The number of nitrogens with zero attached hydrogens (tertiary/aromatic N) is 2. The predicted octanol–water partition coefficient (Wildman–Crippen LogP) is 2.90. The maximum absolute atomic E-state index is 13.3. The Morgan fingerprint density at radius 1 is 1.13 bits per heavy atom. The highest BCUT2D eigenvalue weighted by Crippen LogP contribution is 2.46. The van der Waals surface area contributed by atoms with Crippen LogP contribution < -0.4 is 4.90 Å². The van der Waals surface area contributed by atoms with E-state index in [0.717, 1.165) is 42.1 Å². The first kappa shape index (κ1) is 21.3. The molecule has 1 heterocycles. The minimum Gasteiger partial charge on any atom is -0.483 e. The Morgan fingerprint density at radius 3 is 2.32 bits per heavy atom. The first-order valence-electron chi connectivity index (χ1n) is 10.7. The van der Waals surface area contributed by atoms with Crippen LogP contribution in [0.4, 0.5) is 5.69 Å². The van der Waals surface area contributed by atoms with E-state index in [9.17, 15) is 14.7 Å². The second-order valence-corrected chi connectivity index (χ2v) is 8.86. The minimum absolute atomic E-state index is 0.0105. The highest BCUT2D eigenvalue weighted by atomic mass is 16.3. The first-order valence-corrected chi connectivity index (χ1v) is 10.7. The fourth-order valence-corrected chi connectivity index (χ4v) is 5.78. The Hall–Kier alpha value is -2.93. The monoisotopic (exact) mass is 424 g/mol. The summed E-state index contributed by atoms with van der Waals surface area (Å²) >= 11 is 0. The molecule has 3 unspecified atom stereocenters. The van der Waals surface area contributed by atoms with Gasteiger partial charge in [-0.1, -0.05) is 24.3 Å². The summed E-state index contributed by atoms with van der Waals surface area (Å²) in [5.74, 6) is 0.949. The number of carbonyl (C=O) groups is 3. The van der Waals surface area contributed by atoms with Crippen molar-refractivity contribution in [1.82, 2.24) is 4.90 Å². The number of anilines is 1. The number of amides is 2. The van der Waals surface area contributed by atoms with E-state index in [1.807, 2.05) is 55.3 Å². The highest BCUT2D eigenvalue weighted by molar-refractivity contribution is 6.26. The molecule has 2 saturated carbocycles. The van der Waals surface area contributed by atoms with Crippen molar-refractivity contribution in [2.45, 2.75) is 50.8 Å². The number of likely N-dealkylation sites (N-methyl/N-ethyl adjacent to an activating group) is 1. The summed E-state index contributed by atoms with van der Waals surface area (Å²) in [5.41, 5.74) is 1.51. The van der Waals surface area contributed by atoms with Crippen molar-refractivity contribution in [1.29, 1.82) is 0 Å². The molecule has 31 heavy (non-hydrogen) atoms. The molecule has 2 fully saturated rings. The fourth-order valence-electron chi connectivity index (χ4n) is 5.78. The van der Waals surface area contributed by atoms with Gasteiger partial charge in [-0.05, 0) is 62.0 Å². The van der Waals surface area contributed by atoms with Crippen LogP contribution in [0.2, 0.25) is 0 Å². The smallest absolute Gasteiger partial charge is 0.290 e. The Balaban J connectivity index is 0.000000730. The third-order valence-electron chi connectivity index (χ3n) is 7.20. The summed E-state index contributed by atoms with van der Waals surface area (Å²) in [6.45, 7) is 1.58. The lowest BCUT2D eigenvalue weighted by molar-refractivity contribution is -0.133. The number of fused-ring (bicyclic) bond motifs is 1. The second kappa shape index (κ2) is 8.30. The van der Waals surface area contributed by atoms with Gasteiger partial charge in [-0.2, -0.15) is 0 Å². The number of aliphatic hydroxyl groups is 1. The summed E-state index contributed by atoms with van der Waals surface area (Å²) < 4.78 is 0. The Labute approximate surface area is 181 Å². The summed E-state index contributed by atoms with van der Waals surface area (Å²) in [6, 6.07) is 11.3. The molecule has 3 aliphatic rings. The largest absolute Gasteiger partial charge is 0.483 e. The number of carbonyl (C=O) groups excluding carboxylic acids is 2. The van der Waals surface area contributed by atoms with E-state index in [4.69, 9.17) is 9.90 Å². The number of hydrogen-bond acceptors (Lipinski definition) is 4. The summed E-state index contributed by atoms with van der Waals surface area (Å²) in [5, 5.41) is 18.7. The van der Waals surface area contributed by atoms with Crippen molar-refractivity contribution in [2.24, 2.45) is 11.8 Å². The lowest BCUT2D eigenvalue weighted by atomic mass is 10.0. The van der Waals surface area contributed by atoms with Crippen LogP contribution in [0.15, 0.2) is 36.4 Å². The van der Waals surface area contributed by atoms with Gasteiger partial charge in [0.15, 0.2) is 0 Å². The van der Waals surface area contributed by atoms with Crippen molar-refractivity contribution in [3.8, 4) is 0 Å². The zero-order valence-electron chi connectivity index (χ0n) is 17.8. The van der Waals surface area contributed by atoms with Crippen molar-refractivity contribution in [2.75, 3.05) is 11.9 Å². The van der Waals surface area contributed by atoms with Crippen LogP contribution in [0, 0.1) is 11.8 Å². The van der Waals surface area contributed by atoms with E-state index in [1.165, 1.54) is 0 Å². The summed E-state index contributed by atoms with van der Waals surface area (Å²) in [4.78, 5) is 38.3. The van der Waals surface area contributed by atoms with E-state index < -0.39 is 6.04 Å². The van der Waals surface area contributed by atoms with Gasteiger partial charge >= 0.3 is 0 Å². The van der Waals surface area contributed by atoms with Gasteiger partial charge in [0.05, 0.1) is 11.8 Å². The lowest BCUT2D eigenvalue weighted by Crippen LogP contribution is -2.50. The van der Waals surface area contributed by atoms with E-state index in [1.54, 1.807) is 4.90 Å². The molecule has 2 amide bonds. The third kappa shape index (κ3) is 3.57. The van der Waals surface area contributed by atoms with Crippen molar-refractivity contribution >= 4 is 34.7 Å². The van der Waals surface area contributed by atoms with Crippen molar-refractivity contribution in [3.63, 3.8) is 0 Å². The summed E-state index contributed by atoms with van der Waals surface area (Å²) in [7, 11) is 1.87. The number of benzene rings is 2. The van der Waals surface area contributed by atoms with Gasteiger partial charge in [0, 0.05) is 24.0 Å². The Bertz CT molecular complexity index is 1000. The third-order valence-corrected chi connectivity index (χ3v) is 7.20. The van der Waals surface area contributed by atoms with Gasteiger partial charge in [-0.3, -0.25) is 19.3 Å². The van der Waals surface area contributed by atoms with Crippen LogP contribution in [0.5, 0.6) is 0 Å². The van der Waals surface area contributed by atoms with Gasteiger partial charge in [-0.25, -0.2) is 0 Å². The zero-order valence-corrected chi connectivity index (χ0v) is 17.8. The van der Waals surface area contributed by atoms with Gasteiger partial charge in [0.1, 0.15) is 6.04 Å². The average Bonchev–Trinajstić information content (AvgIpc) is 3.38. The van der Waals surface area contributed by atoms with Crippen LogP contribution in [-0.4, -0.2) is 58.6 Å². The number of rotatable bonds is 3. The molecule has 2 aromatic rings. The van der Waals surface area contributed by atoms with Crippen molar-refractivity contribution in [3.05, 3.63) is 42.0 Å². The Kier molecular flexibility index (Phi) is 5.71. The maximum Gasteiger partial charge on any atom is 0.290 e. The van der Waals surface area contributed by atoms with Gasteiger partial charge in [0.25, 0.3) is 12.4 Å². The van der Waals surface area contributed by atoms with Crippen LogP contribution >= 0.6 is 0 Å². The number of aliphatic hydroxyl groups excluding tert-OH is 1. The predicted molar refractivity (Wildman–Crippen MR) is 117 cm³/mol. The van der Waals surface area contributed by atoms with Gasteiger partial charge in [-0.15, -0.1) is 0 Å². The molecule has 7 heteroatoms. The van der Waals surface area contributed by atoms with Crippen LogP contribution in [0.3, 0.4) is 0 Å². The lowest BCUT2D eigenvalue weighted by Gasteiger charge is -2.32. The van der Waals surface area contributed by atoms with E-state index >= 15 is 0 Å². The molecule has 7 nitrogen and oxygen atoms in total. The molecule has 2 N–H and O–H groups in total. The molecule has 0 radical (unpaired) electrons. The Morgan fingerprint density at radius 2 is 1.71 bits per heavy atom. The topological polar surface area (TPSA) is 98.2 Å². The van der Waals surface area contributed by atoms with Crippen molar-refractivity contribution < 1.29 is 24.6 Å². The minimum atomic E-state index is -0.540. The SMILES string of the molecule is CC(C(=O)N(C)C1C[C@H]2CC(O)C[C@H]2C1)N1C(=O)c2cccc3cccc1c23.O=CO. The van der Waals surface area contributed by atoms with Gasteiger partial charge in [0.2, 0.25) is 5.91 Å². The molecule has 5 rings (SSSR count). The zero-order chi connectivity index (χ0) is 22.3. The summed E-state index contributed by atoms with van der Waals surface area (Å²) in [6.07, 6.45) is 3.47. The van der Waals surface area contributed by atoms with Crippen LogP contribution in [0.25, 0.3) is 10.8 Å². The molecule has 5 atom stereocenters. The van der Waals surface area contributed by atoms with E-state index in [-0.39, 0.29) is 30.4 Å². The molecule has 0 saturated heterocycles. The van der Waals surface area contributed by atoms with Gasteiger partial charge < -0.3 is 15.1 Å². The molecule has 0 spiro atoms. The quantitative estimate of drug-likeness (QED) is 0.739. The van der Waals surface area contributed by atoms with Crippen LogP contribution in [0.1, 0.15) is 43.0 Å². The average molecular weight is 424 g/mol. The fraction of sp³-hybridized carbons (Fsp3) is 0.458. The molecule has 2 aromatic carbocycles. The first-order chi connectivity index (χ1) is 14.9. The molecule has 0 bridgehead atoms.